The van der Waals surface area contributed by atoms with Gasteiger partial charge >= 0.3 is 0 Å². The lowest BCUT2D eigenvalue weighted by atomic mass is 10.0. The van der Waals surface area contributed by atoms with Crippen LogP contribution in [-0.4, -0.2) is 23.6 Å². The molecule has 1 N–H and O–H groups in total. The fraction of sp³-hybridized carbons (Fsp3) is 0.278. The number of hydrogen-bond donors (Lipinski definition) is 1. The van der Waals surface area contributed by atoms with Gasteiger partial charge in [0.25, 0.3) is 5.91 Å². The van der Waals surface area contributed by atoms with Gasteiger partial charge in [-0.2, -0.15) is 5.26 Å². The molecule has 0 radical (unpaired) electrons. The van der Waals surface area contributed by atoms with E-state index in [4.69, 9.17) is 9.47 Å². The smallest absolute Gasteiger partial charge is 0.268 e. The SMILES string of the molecule is CCOc1cc2c(cc1/C=C(/C#N)C(=O)Nc1nccs1)OC(C)C2. The molecule has 128 valence electrons. The van der Waals surface area contributed by atoms with Gasteiger partial charge in [0, 0.05) is 29.1 Å². The van der Waals surface area contributed by atoms with Gasteiger partial charge in [0.1, 0.15) is 29.2 Å². The third-order valence-electron chi connectivity index (χ3n) is 3.65. The summed E-state index contributed by atoms with van der Waals surface area (Å²) in [7, 11) is 0. The first-order valence-electron chi connectivity index (χ1n) is 7.89. The Hall–Kier alpha value is -2.85. The van der Waals surface area contributed by atoms with Crippen LogP contribution < -0.4 is 14.8 Å². The molecule has 0 aliphatic carbocycles. The Bertz CT molecular complexity index is 853. The van der Waals surface area contributed by atoms with E-state index in [1.165, 1.54) is 17.4 Å². The molecule has 1 aliphatic heterocycles. The van der Waals surface area contributed by atoms with Crippen molar-refractivity contribution in [3.63, 3.8) is 0 Å². The molecule has 0 bridgehead atoms. The third kappa shape index (κ3) is 3.80. The van der Waals surface area contributed by atoms with E-state index in [1.54, 1.807) is 11.6 Å². The molecule has 7 heteroatoms. The second kappa shape index (κ2) is 7.36. The molecular formula is C18H17N3O3S. The number of anilines is 1. The summed E-state index contributed by atoms with van der Waals surface area (Å²) in [6.07, 6.45) is 4.02. The number of benzene rings is 1. The van der Waals surface area contributed by atoms with Crippen LogP contribution >= 0.6 is 11.3 Å². The van der Waals surface area contributed by atoms with Gasteiger partial charge in [0.05, 0.1) is 6.61 Å². The van der Waals surface area contributed by atoms with Gasteiger partial charge in [-0.25, -0.2) is 4.98 Å². The zero-order valence-corrected chi connectivity index (χ0v) is 14.7. The molecule has 1 aromatic carbocycles. The second-order valence-electron chi connectivity index (χ2n) is 5.52. The molecule has 1 atom stereocenters. The lowest BCUT2D eigenvalue weighted by Gasteiger charge is -2.10. The number of fused-ring (bicyclic) bond motifs is 1. The molecule has 2 aromatic rings. The number of ether oxygens (including phenoxy) is 2. The number of nitriles is 1. The third-order valence-corrected chi connectivity index (χ3v) is 4.33. The van der Waals surface area contributed by atoms with Crippen LogP contribution in [0.1, 0.15) is 25.0 Å². The monoisotopic (exact) mass is 355 g/mol. The number of nitrogens with zero attached hydrogens (tertiary/aromatic N) is 2. The summed E-state index contributed by atoms with van der Waals surface area (Å²) in [5.41, 5.74) is 1.68. The molecule has 25 heavy (non-hydrogen) atoms. The van der Waals surface area contributed by atoms with E-state index in [0.29, 0.717) is 23.1 Å². The van der Waals surface area contributed by atoms with Crippen LogP contribution in [0, 0.1) is 11.3 Å². The fourth-order valence-electron chi connectivity index (χ4n) is 2.60. The molecule has 1 aliphatic rings. The number of thiazole rings is 1. The van der Waals surface area contributed by atoms with Gasteiger partial charge in [0.2, 0.25) is 0 Å². The first kappa shape index (κ1) is 17.0. The number of aromatic nitrogens is 1. The van der Waals surface area contributed by atoms with E-state index in [1.807, 2.05) is 32.0 Å². The Morgan fingerprint density at radius 2 is 2.44 bits per heavy atom. The second-order valence-corrected chi connectivity index (χ2v) is 6.42. The minimum Gasteiger partial charge on any atom is -0.493 e. The molecule has 0 fully saturated rings. The molecular weight excluding hydrogens is 338 g/mol. The zero-order chi connectivity index (χ0) is 17.8. The quantitative estimate of drug-likeness (QED) is 0.656. The average molecular weight is 355 g/mol. The van der Waals surface area contributed by atoms with Crippen molar-refractivity contribution in [1.29, 1.82) is 5.26 Å². The molecule has 2 heterocycles. The fourth-order valence-corrected chi connectivity index (χ4v) is 3.13. The molecule has 3 rings (SSSR count). The van der Waals surface area contributed by atoms with Gasteiger partial charge in [-0.1, -0.05) is 0 Å². The number of amides is 1. The lowest BCUT2D eigenvalue weighted by Crippen LogP contribution is -2.13. The van der Waals surface area contributed by atoms with Gasteiger partial charge < -0.3 is 9.47 Å². The van der Waals surface area contributed by atoms with Crippen molar-refractivity contribution in [2.45, 2.75) is 26.4 Å². The molecule has 0 saturated heterocycles. The van der Waals surface area contributed by atoms with Crippen molar-refractivity contribution in [2.75, 3.05) is 11.9 Å². The number of carbonyl (C=O) groups is 1. The Labute approximate surface area is 149 Å². The summed E-state index contributed by atoms with van der Waals surface area (Å²) in [6.45, 7) is 4.38. The summed E-state index contributed by atoms with van der Waals surface area (Å²) in [4.78, 5) is 16.3. The molecule has 1 unspecified atom stereocenters. The summed E-state index contributed by atoms with van der Waals surface area (Å²) in [5.74, 6) is 0.892. The van der Waals surface area contributed by atoms with E-state index in [9.17, 15) is 10.1 Å². The van der Waals surface area contributed by atoms with Crippen LogP contribution in [0.25, 0.3) is 6.08 Å². The van der Waals surface area contributed by atoms with Crippen LogP contribution in [0.2, 0.25) is 0 Å². The first-order valence-corrected chi connectivity index (χ1v) is 8.77. The van der Waals surface area contributed by atoms with Gasteiger partial charge in [-0.05, 0) is 32.1 Å². The number of nitrogens with one attached hydrogen (secondary N) is 1. The van der Waals surface area contributed by atoms with Crippen LogP contribution in [0.15, 0.2) is 29.3 Å². The van der Waals surface area contributed by atoms with Gasteiger partial charge in [0.15, 0.2) is 5.13 Å². The summed E-state index contributed by atoms with van der Waals surface area (Å²) >= 11 is 1.29. The Morgan fingerprint density at radius 3 is 3.12 bits per heavy atom. The van der Waals surface area contributed by atoms with Gasteiger partial charge in [-0.15, -0.1) is 11.3 Å². The predicted molar refractivity (Wildman–Crippen MR) is 95.7 cm³/mol. The van der Waals surface area contributed by atoms with Crippen LogP contribution in [-0.2, 0) is 11.2 Å². The van der Waals surface area contributed by atoms with Crippen LogP contribution in [0.5, 0.6) is 11.5 Å². The van der Waals surface area contributed by atoms with E-state index < -0.39 is 5.91 Å². The maximum Gasteiger partial charge on any atom is 0.268 e. The highest BCUT2D eigenvalue weighted by atomic mass is 32.1. The Kier molecular flexibility index (Phi) is 5.00. The molecule has 0 saturated carbocycles. The minimum absolute atomic E-state index is 0.0258. The largest absolute Gasteiger partial charge is 0.493 e. The highest BCUT2D eigenvalue weighted by molar-refractivity contribution is 7.13. The number of carbonyl (C=O) groups excluding carboxylic acids is 1. The number of hydrogen-bond acceptors (Lipinski definition) is 6. The number of rotatable bonds is 5. The highest BCUT2D eigenvalue weighted by Gasteiger charge is 2.22. The van der Waals surface area contributed by atoms with E-state index >= 15 is 0 Å². The zero-order valence-electron chi connectivity index (χ0n) is 13.9. The van der Waals surface area contributed by atoms with Crippen LogP contribution in [0.4, 0.5) is 5.13 Å². The lowest BCUT2D eigenvalue weighted by molar-refractivity contribution is -0.112. The van der Waals surface area contributed by atoms with Crippen LogP contribution in [0.3, 0.4) is 0 Å². The average Bonchev–Trinajstić information content (AvgIpc) is 3.21. The Balaban J connectivity index is 1.93. The van der Waals surface area contributed by atoms with Crippen molar-refractivity contribution in [3.05, 3.63) is 40.4 Å². The van der Waals surface area contributed by atoms with Crippen molar-refractivity contribution in [2.24, 2.45) is 0 Å². The molecule has 6 nitrogen and oxygen atoms in total. The Morgan fingerprint density at radius 1 is 1.60 bits per heavy atom. The molecule has 0 spiro atoms. The maximum absolute atomic E-state index is 12.3. The van der Waals surface area contributed by atoms with Crippen molar-refractivity contribution < 1.29 is 14.3 Å². The highest BCUT2D eigenvalue weighted by Crippen LogP contribution is 2.36. The van der Waals surface area contributed by atoms with Crippen molar-refractivity contribution in [3.8, 4) is 17.6 Å². The molecule has 1 aromatic heterocycles. The van der Waals surface area contributed by atoms with Crippen molar-refractivity contribution in [1.82, 2.24) is 4.98 Å². The van der Waals surface area contributed by atoms with E-state index in [0.717, 1.165) is 17.7 Å². The summed E-state index contributed by atoms with van der Waals surface area (Å²) < 4.78 is 11.4. The molecule has 1 amide bonds. The minimum atomic E-state index is -0.505. The maximum atomic E-state index is 12.3. The first-order chi connectivity index (χ1) is 12.1. The predicted octanol–water partition coefficient (Wildman–Crippen LogP) is 3.41. The summed E-state index contributed by atoms with van der Waals surface area (Å²) in [6, 6.07) is 5.67. The van der Waals surface area contributed by atoms with Gasteiger partial charge in [-0.3, -0.25) is 10.1 Å². The summed E-state index contributed by atoms with van der Waals surface area (Å²) in [5, 5.41) is 14.2. The van der Waals surface area contributed by atoms with E-state index in [-0.39, 0.29) is 11.7 Å². The van der Waals surface area contributed by atoms with E-state index in [2.05, 4.69) is 10.3 Å². The topological polar surface area (TPSA) is 84.2 Å². The van der Waals surface area contributed by atoms with Crippen molar-refractivity contribution >= 4 is 28.5 Å². The normalized spacial score (nSPS) is 15.9. The standard InChI is InChI=1S/C18H17N3O3S/c1-3-23-15-8-12-6-11(2)24-16(12)9-13(15)7-14(10-19)17(22)21-18-20-4-5-25-18/h4-5,7-9,11H,3,6H2,1-2H3,(H,20,21,22)/b14-7-.